The van der Waals surface area contributed by atoms with E-state index in [2.05, 4.69) is 10.3 Å². The van der Waals surface area contributed by atoms with Gasteiger partial charge in [0.2, 0.25) is 11.8 Å². The number of aryl methyl sites for hydroxylation is 1. The van der Waals surface area contributed by atoms with E-state index >= 15 is 0 Å². The second-order valence-electron chi connectivity index (χ2n) is 7.06. The number of carbonyl (C=O) groups is 2. The van der Waals surface area contributed by atoms with Gasteiger partial charge in [-0.25, -0.2) is 4.98 Å². The number of imidazole rings is 1. The average Bonchev–Trinajstić information content (AvgIpc) is 3.12. The minimum Gasteiger partial charge on any atom is -0.378 e. The predicted octanol–water partition coefficient (Wildman–Crippen LogP) is -0.156. The fourth-order valence-electron chi connectivity index (χ4n) is 3.81. The largest absolute Gasteiger partial charge is 0.378 e. The first-order chi connectivity index (χ1) is 13.1. The van der Waals surface area contributed by atoms with Crippen LogP contribution in [0.4, 0.5) is 0 Å². The lowest BCUT2D eigenvalue weighted by Crippen LogP contribution is -2.61. The van der Waals surface area contributed by atoms with Crippen LogP contribution >= 0.6 is 0 Å². The van der Waals surface area contributed by atoms with Crippen molar-refractivity contribution >= 4 is 17.5 Å². The van der Waals surface area contributed by atoms with Crippen molar-refractivity contribution in [3.63, 3.8) is 0 Å². The molecule has 4 heterocycles. The van der Waals surface area contributed by atoms with Crippen LogP contribution in [-0.2, 0) is 20.7 Å². The van der Waals surface area contributed by atoms with E-state index in [9.17, 15) is 9.59 Å². The van der Waals surface area contributed by atoms with Crippen LogP contribution in [0.3, 0.4) is 0 Å². The maximum absolute atomic E-state index is 13.1. The molecule has 2 aromatic rings. The SMILES string of the molecule is Cc1cccn2c(CC(=O)N3CCNC[C@H]3C(=O)N3CCOCC3)cnc12. The van der Waals surface area contributed by atoms with Crippen LogP contribution in [0.1, 0.15) is 11.3 Å². The molecule has 0 saturated carbocycles. The number of carbonyl (C=O) groups excluding carboxylic acids is 2. The van der Waals surface area contributed by atoms with Gasteiger partial charge in [0.15, 0.2) is 0 Å². The molecule has 144 valence electrons. The van der Waals surface area contributed by atoms with Gasteiger partial charge >= 0.3 is 0 Å². The molecule has 1 atom stereocenters. The summed E-state index contributed by atoms with van der Waals surface area (Å²) >= 11 is 0. The smallest absolute Gasteiger partial charge is 0.246 e. The molecular weight excluding hydrogens is 346 g/mol. The molecule has 0 unspecified atom stereocenters. The van der Waals surface area contributed by atoms with Crippen molar-refractivity contribution in [2.45, 2.75) is 19.4 Å². The van der Waals surface area contributed by atoms with Gasteiger partial charge in [0, 0.05) is 45.1 Å². The number of ether oxygens (including phenoxy) is 1. The van der Waals surface area contributed by atoms with E-state index in [0.717, 1.165) is 16.9 Å². The Labute approximate surface area is 158 Å². The summed E-state index contributed by atoms with van der Waals surface area (Å²) in [5, 5.41) is 3.25. The Kier molecular flexibility index (Phi) is 5.09. The summed E-state index contributed by atoms with van der Waals surface area (Å²) in [7, 11) is 0. The van der Waals surface area contributed by atoms with Crippen LogP contribution in [0.25, 0.3) is 5.65 Å². The molecule has 2 aromatic heterocycles. The number of aromatic nitrogens is 2. The van der Waals surface area contributed by atoms with E-state index in [4.69, 9.17) is 4.74 Å². The summed E-state index contributed by atoms with van der Waals surface area (Å²) in [6.07, 6.45) is 3.91. The average molecular weight is 371 g/mol. The molecule has 4 rings (SSSR count). The molecule has 0 radical (unpaired) electrons. The van der Waals surface area contributed by atoms with Crippen molar-refractivity contribution in [3.05, 3.63) is 35.8 Å². The molecule has 8 heteroatoms. The molecule has 0 aromatic carbocycles. The third-order valence-corrected chi connectivity index (χ3v) is 5.31. The van der Waals surface area contributed by atoms with Crippen LogP contribution in [0.2, 0.25) is 0 Å². The van der Waals surface area contributed by atoms with E-state index in [1.54, 1.807) is 16.0 Å². The topological polar surface area (TPSA) is 79.2 Å². The van der Waals surface area contributed by atoms with Crippen molar-refractivity contribution in [3.8, 4) is 0 Å². The number of nitrogens with one attached hydrogen (secondary N) is 1. The van der Waals surface area contributed by atoms with Gasteiger partial charge in [-0.05, 0) is 18.6 Å². The van der Waals surface area contributed by atoms with Crippen LogP contribution in [0, 0.1) is 6.92 Å². The fraction of sp³-hybridized carbons (Fsp3) is 0.526. The van der Waals surface area contributed by atoms with Gasteiger partial charge < -0.3 is 24.3 Å². The quantitative estimate of drug-likeness (QED) is 0.812. The molecule has 2 aliphatic heterocycles. The minimum absolute atomic E-state index is 0.00726. The number of hydrogen-bond acceptors (Lipinski definition) is 5. The number of hydrogen-bond donors (Lipinski definition) is 1. The molecule has 0 bridgehead atoms. The van der Waals surface area contributed by atoms with Gasteiger partial charge in [-0.3, -0.25) is 9.59 Å². The highest BCUT2D eigenvalue weighted by molar-refractivity contribution is 5.89. The van der Waals surface area contributed by atoms with Gasteiger partial charge in [0.25, 0.3) is 0 Å². The predicted molar refractivity (Wildman–Crippen MR) is 99.4 cm³/mol. The Balaban J connectivity index is 1.51. The summed E-state index contributed by atoms with van der Waals surface area (Å²) in [6.45, 7) is 6.02. The van der Waals surface area contributed by atoms with Crippen molar-refractivity contribution in [1.29, 1.82) is 0 Å². The zero-order valence-electron chi connectivity index (χ0n) is 15.6. The van der Waals surface area contributed by atoms with Crippen molar-refractivity contribution in [1.82, 2.24) is 24.5 Å². The molecule has 2 amide bonds. The van der Waals surface area contributed by atoms with Crippen LogP contribution in [0.15, 0.2) is 24.5 Å². The molecule has 2 saturated heterocycles. The van der Waals surface area contributed by atoms with Gasteiger partial charge in [0.1, 0.15) is 11.7 Å². The zero-order valence-corrected chi connectivity index (χ0v) is 15.6. The van der Waals surface area contributed by atoms with Crippen LogP contribution in [0.5, 0.6) is 0 Å². The van der Waals surface area contributed by atoms with E-state index in [1.807, 2.05) is 29.7 Å². The zero-order chi connectivity index (χ0) is 18.8. The first-order valence-electron chi connectivity index (χ1n) is 9.43. The normalized spacial score (nSPS) is 20.9. The highest BCUT2D eigenvalue weighted by Crippen LogP contribution is 2.15. The first-order valence-corrected chi connectivity index (χ1v) is 9.43. The lowest BCUT2D eigenvalue weighted by atomic mass is 10.1. The van der Waals surface area contributed by atoms with E-state index in [1.165, 1.54) is 0 Å². The van der Waals surface area contributed by atoms with Crippen molar-refractivity contribution in [2.24, 2.45) is 0 Å². The number of morpholine rings is 1. The van der Waals surface area contributed by atoms with E-state index in [-0.39, 0.29) is 18.2 Å². The lowest BCUT2D eigenvalue weighted by molar-refractivity contribution is -0.149. The summed E-state index contributed by atoms with van der Waals surface area (Å²) in [4.78, 5) is 34.0. The Hall–Kier alpha value is -2.45. The maximum Gasteiger partial charge on any atom is 0.246 e. The van der Waals surface area contributed by atoms with E-state index < -0.39 is 6.04 Å². The second-order valence-corrected chi connectivity index (χ2v) is 7.06. The summed E-state index contributed by atoms with van der Waals surface area (Å²) < 4.78 is 7.29. The maximum atomic E-state index is 13.1. The molecule has 8 nitrogen and oxygen atoms in total. The molecule has 1 N–H and O–H groups in total. The standard InChI is InChI=1S/C19H25N5O3/c1-14-3-2-5-23-15(12-21-18(14)23)11-17(25)24-6-4-20-13-16(24)19(26)22-7-9-27-10-8-22/h2-3,5,12,16,20H,4,6-11,13H2,1H3/t16-/m0/s1. The van der Waals surface area contributed by atoms with Gasteiger partial charge in [-0.2, -0.15) is 0 Å². The summed E-state index contributed by atoms with van der Waals surface area (Å²) in [6, 6.07) is 3.50. The van der Waals surface area contributed by atoms with Crippen LogP contribution < -0.4 is 5.32 Å². The monoisotopic (exact) mass is 371 g/mol. The Bertz CT molecular complexity index is 843. The number of rotatable bonds is 3. The third-order valence-electron chi connectivity index (χ3n) is 5.31. The number of piperazine rings is 1. The highest BCUT2D eigenvalue weighted by Gasteiger charge is 2.35. The Morgan fingerprint density at radius 2 is 2.11 bits per heavy atom. The summed E-state index contributed by atoms with van der Waals surface area (Å²) in [5.41, 5.74) is 2.77. The van der Waals surface area contributed by atoms with Gasteiger partial charge in [-0.1, -0.05) is 6.07 Å². The molecule has 2 fully saturated rings. The minimum atomic E-state index is -0.453. The highest BCUT2D eigenvalue weighted by atomic mass is 16.5. The van der Waals surface area contributed by atoms with Crippen LogP contribution in [-0.4, -0.2) is 83.0 Å². The first kappa shape index (κ1) is 17.9. The number of nitrogens with zero attached hydrogens (tertiary/aromatic N) is 4. The third kappa shape index (κ3) is 3.54. The molecule has 27 heavy (non-hydrogen) atoms. The second kappa shape index (κ2) is 7.66. The fourth-order valence-corrected chi connectivity index (χ4v) is 3.81. The molecule has 0 spiro atoms. The Morgan fingerprint density at radius 1 is 1.30 bits per heavy atom. The van der Waals surface area contributed by atoms with Gasteiger partial charge in [-0.15, -0.1) is 0 Å². The van der Waals surface area contributed by atoms with E-state index in [0.29, 0.717) is 45.9 Å². The number of pyridine rings is 1. The molecule has 2 aliphatic rings. The van der Waals surface area contributed by atoms with Crippen molar-refractivity contribution in [2.75, 3.05) is 45.9 Å². The number of fused-ring (bicyclic) bond motifs is 1. The lowest BCUT2D eigenvalue weighted by Gasteiger charge is -2.39. The Morgan fingerprint density at radius 3 is 2.93 bits per heavy atom. The van der Waals surface area contributed by atoms with Gasteiger partial charge in [0.05, 0.1) is 25.3 Å². The number of amides is 2. The molecular formula is C19H25N5O3. The summed E-state index contributed by atoms with van der Waals surface area (Å²) in [5.74, 6) is -0.0285. The molecule has 0 aliphatic carbocycles. The van der Waals surface area contributed by atoms with Crippen molar-refractivity contribution < 1.29 is 14.3 Å².